The fraction of sp³-hybridized carbons (Fsp3) is 0.125. The van der Waals surface area contributed by atoms with Gasteiger partial charge in [0.1, 0.15) is 11.2 Å². The van der Waals surface area contributed by atoms with Crippen molar-refractivity contribution < 1.29 is 8.42 Å². The molecule has 1 aliphatic heterocycles. The zero-order valence-electron chi connectivity index (χ0n) is 7.31. The van der Waals surface area contributed by atoms with Gasteiger partial charge in [-0.25, -0.2) is 0 Å². The Morgan fingerprint density at radius 2 is 2.14 bits per heavy atom. The number of hydrogen-bond acceptors (Lipinski definition) is 3. The Morgan fingerprint density at radius 1 is 1.43 bits per heavy atom. The second-order valence-corrected chi connectivity index (χ2v) is 5.35. The van der Waals surface area contributed by atoms with Crippen LogP contribution in [0.25, 0.3) is 0 Å². The van der Waals surface area contributed by atoms with Crippen LogP contribution in [-0.4, -0.2) is 21.8 Å². The predicted molar refractivity (Wildman–Crippen MR) is 58.2 cm³/mol. The van der Waals surface area contributed by atoms with Crippen molar-refractivity contribution in [3.63, 3.8) is 0 Å². The molecule has 74 valence electrons. The molecule has 0 fully saturated rings. The van der Waals surface area contributed by atoms with Crippen molar-refractivity contribution in [1.82, 2.24) is 0 Å². The predicted octanol–water partition coefficient (Wildman–Crippen LogP) is 1.62. The normalized spacial score (nSPS) is 18.0. The van der Waals surface area contributed by atoms with Crippen LogP contribution in [-0.2, 0) is 10.0 Å². The van der Waals surface area contributed by atoms with E-state index >= 15 is 0 Å². The molecule has 0 bridgehead atoms. The van der Waals surface area contributed by atoms with Crippen LogP contribution in [0.4, 0.5) is 5.69 Å². The monoisotopic (exact) mass is 274 g/mol. The van der Waals surface area contributed by atoms with Crippen molar-refractivity contribution in [2.45, 2.75) is 4.90 Å². The van der Waals surface area contributed by atoms with Gasteiger partial charge in [-0.05, 0) is 28.1 Å². The molecule has 0 aromatic heterocycles. The maximum absolute atomic E-state index is 11.5. The molecule has 0 radical (unpaired) electrons. The molecule has 0 unspecified atom stereocenters. The van der Waals surface area contributed by atoms with Crippen LogP contribution in [0.15, 0.2) is 32.0 Å². The molecule has 6 heteroatoms. The first-order chi connectivity index (χ1) is 6.52. The van der Waals surface area contributed by atoms with E-state index in [2.05, 4.69) is 20.3 Å². The van der Waals surface area contributed by atoms with E-state index in [1.165, 1.54) is 6.34 Å². The Morgan fingerprint density at radius 3 is 2.79 bits per heavy atom. The van der Waals surface area contributed by atoms with Gasteiger partial charge >= 0.3 is 0 Å². The number of halogens is 1. The molecule has 0 saturated carbocycles. The van der Waals surface area contributed by atoms with Crippen LogP contribution in [0, 0.1) is 0 Å². The Balaban J connectivity index is 2.82. The first-order valence-electron chi connectivity index (χ1n) is 3.84. The van der Waals surface area contributed by atoms with E-state index in [4.69, 9.17) is 0 Å². The smallest absolute Gasteiger partial charge is 0.285 e. The average Bonchev–Trinajstić information content (AvgIpc) is 2.12. The third kappa shape index (κ3) is 1.34. The number of benzene rings is 1. The number of sulfonamides is 1. The highest BCUT2D eigenvalue weighted by Crippen LogP contribution is 2.34. The summed E-state index contributed by atoms with van der Waals surface area (Å²) < 4.78 is 27.3. The SMILES string of the molecule is CN1C=NS(=O)(=O)c2cccc(Br)c21. The van der Waals surface area contributed by atoms with E-state index in [1.807, 2.05) is 0 Å². The minimum Gasteiger partial charge on any atom is -0.333 e. The van der Waals surface area contributed by atoms with Gasteiger partial charge < -0.3 is 4.90 Å². The number of para-hydroxylation sites is 1. The maximum atomic E-state index is 11.5. The standard InChI is InChI=1S/C8H7BrN2O2S/c1-11-5-10-14(12,13)7-4-2-3-6(9)8(7)11/h2-5H,1H3. The molecule has 0 aliphatic carbocycles. The molecule has 1 aromatic rings. The number of fused-ring (bicyclic) bond motifs is 1. The number of anilines is 1. The second kappa shape index (κ2) is 3.06. The highest BCUT2D eigenvalue weighted by atomic mass is 79.9. The van der Waals surface area contributed by atoms with E-state index < -0.39 is 10.0 Å². The maximum Gasteiger partial charge on any atom is 0.285 e. The van der Waals surface area contributed by atoms with Crippen LogP contribution in [0.5, 0.6) is 0 Å². The van der Waals surface area contributed by atoms with Gasteiger partial charge in [0.2, 0.25) is 0 Å². The van der Waals surface area contributed by atoms with Gasteiger partial charge in [0.15, 0.2) is 0 Å². The molecule has 2 rings (SSSR count). The van der Waals surface area contributed by atoms with Gasteiger partial charge in [0.05, 0.1) is 5.69 Å². The summed E-state index contributed by atoms with van der Waals surface area (Å²) in [6.07, 6.45) is 1.29. The molecule has 0 atom stereocenters. The summed E-state index contributed by atoms with van der Waals surface area (Å²) in [5.74, 6) is 0. The fourth-order valence-electron chi connectivity index (χ4n) is 1.29. The van der Waals surface area contributed by atoms with Gasteiger partial charge in [0.25, 0.3) is 10.0 Å². The molecule has 1 heterocycles. The Hall–Kier alpha value is -0.880. The zero-order chi connectivity index (χ0) is 10.3. The Kier molecular flexibility index (Phi) is 2.11. The number of rotatable bonds is 0. The van der Waals surface area contributed by atoms with Crippen LogP contribution in [0.2, 0.25) is 0 Å². The quantitative estimate of drug-likeness (QED) is 0.722. The molecule has 0 saturated heterocycles. The lowest BCUT2D eigenvalue weighted by atomic mass is 10.3. The minimum atomic E-state index is -3.50. The van der Waals surface area contributed by atoms with Crippen LogP contribution in [0.1, 0.15) is 0 Å². The molecule has 0 N–H and O–H groups in total. The fourth-order valence-corrected chi connectivity index (χ4v) is 3.20. The summed E-state index contributed by atoms with van der Waals surface area (Å²) in [7, 11) is -1.75. The van der Waals surface area contributed by atoms with Crippen molar-refractivity contribution >= 4 is 38.0 Å². The lowest BCUT2D eigenvalue weighted by Crippen LogP contribution is -2.22. The largest absolute Gasteiger partial charge is 0.333 e. The van der Waals surface area contributed by atoms with Gasteiger partial charge in [-0.15, -0.1) is 4.40 Å². The van der Waals surface area contributed by atoms with Gasteiger partial charge in [-0.2, -0.15) is 8.42 Å². The van der Waals surface area contributed by atoms with E-state index in [-0.39, 0.29) is 4.90 Å². The molecule has 14 heavy (non-hydrogen) atoms. The first kappa shape index (κ1) is 9.67. The van der Waals surface area contributed by atoms with E-state index in [0.29, 0.717) is 5.69 Å². The van der Waals surface area contributed by atoms with Crippen molar-refractivity contribution in [2.24, 2.45) is 4.40 Å². The first-order valence-corrected chi connectivity index (χ1v) is 6.07. The van der Waals surface area contributed by atoms with Gasteiger partial charge in [0, 0.05) is 11.5 Å². The Bertz CT molecular complexity index is 510. The Labute approximate surface area is 90.4 Å². The molecular weight excluding hydrogens is 268 g/mol. The van der Waals surface area contributed by atoms with Crippen LogP contribution >= 0.6 is 15.9 Å². The summed E-state index contributed by atoms with van der Waals surface area (Å²) in [5, 5.41) is 0. The number of hydrogen-bond donors (Lipinski definition) is 0. The highest BCUT2D eigenvalue weighted by molar-refractivity contribution is 9.10. The minimum absolute atomic E-state index is 0.233. The van der Waals surface area contributed by atoms with Gasteiger partial charge in [-0.1, -0.05) is 6.07 Å². The second-order valence-electron chi connectivity index (χ2n) is 2.89. The van der Waals surface area contributed by atoms with Crippen molar-refractivity contribution in [1.29, 1.82) is 0 Å². The third-order valence-electron chi connectivity index (χ3n) is 1.94. The average molecular weight is 275 g/mol. The van der Waals surface area contributed by atoms with Crippen LogP contribution in [0.3, 0.4) is 0 Å². The van der Waals surface area contributed by atoms with Crippen molar-refractivity contribution in [2.75, 3.05) is 11.9 Å². The number of nitrogens with zero attached hydrogens (tertiary/aromatic N) is 2. The van der Waals surface area contributed by atoms with Gasteiger partial charge in [-0.3, -0.25) is 0 Å². The van der Waals surface area contributed by atoms with Crippen molar-refractivity contribution in [3.05, 3.63) is 22.7 Å². The lowest BCUT2D eigenvalue weighted by Gasteiger charge is -2.21. The van der Waals surface area contributed by atoms with E-state index in [0.717, 1.165) is 4.47 Å². The topological polar surface area (TPSA) is 49.7 Å². The molecule has 0 spiro atoms. The molecule has 1 aliphatic rings. The highest BCUT2D eigenvalue weighted by Gasteiger charge is 2.24. The third-order valence-corrected chi connectivity index (χ3v) is 3.84. The van der Waals surface area contributed by atoms with Crippen LogP contribution < -0.4 is 4.90 Å². The summed E-state index contributed by atoms with van der Waals surface area (Å²) in [5.41, 5.74) is 0.627. The van der Waals surface area contributed by atoms with E-state index in [1.54, 1.807) is 30.1 Å². The van der Waals surface area contributed by atoms with E-state index in [9.17, 15) is 8.42 Å². The summed E-state index contributed by atoms with van der Waals surface area (Å²) in [6, 6.07) is 5.02. The molecule has 4 nitrogen and oxygen atoms in total. The summed E-state index contributed by atoms with van der Waals surface area (Å²) >= 11 is 3.31. The zero-order valence-corrected chi connectivity index (χ0v) is 9.71. The summed E-state index contributed by atoms with van der Waals surface area (Å²) in [4.78, 5) is 1.90. The molecule has 0 amide bonds. The molecule has 1 aromatic carbocycles. The summed E-state index contributed by atoms with van der Waals surface area (Å²) in [6.45, 7) is 0. The molecular formula is C8H7BrN2O2S. The van der Waals surface area contributed by atoms with Crippen molar-refractivity contribution in [3.8, 4) is 0 Å². The lowest BCUT2D eigenvalue weighted by molar-refractivity contribution is 0.597.